The first-order valence-corrected chi connectivity index (χ1v) is 6.71. The van der Waals surface area contributed by atoms with Crippen molar-refractivity contribution >= 4 is 49.2 Å². The second-order valence-electron chi connectivity index (χ2n) is 3.56. The van der Waals surface area contributed by atoms with Crippen molar-refractivity contribution in [3.63, 3.8) is 0 Å². The first-order valence-electron chi connectivity index (χ1n) is 5.12. The van der Waals surface area contributed by atoms with Crippen LogP contribution in [0.3, 0.4) is 0 Å². The van der Waals surface area contributed by atoms with Gasteiger partial charge in [-0.05, 0) is 50.9 Å². The fourth-order valence-corrected chi connectivity index (χ4v) is 2.65. The molecule has 0 radical (unpaired) electrons. The molecule has 0 spiro atoms. The molecular weight excluding hydrogens is 362 g/mol. The number of nitrogens with two attached hydrogens (primary N) is 1. The molecule has 2 aromatic rings. The van der Waals surface area contributed by atoms with Crippen molar-refractivity contribution in [1.29, 1.82) is 0 Å². The highest BCUT2D eigenvalue weighted by Crippen LogP contribution is 2.33. The summed E-state index contributed by atoms with van der Waals surface area (Å²) in [6.07, 6.45) is 1.45. The van der Waals surface area contributed by atoms with Gasteiger partial charge in [-0.3, -0.25) is 0 Å². The van der Waals surface area contributed by atoms with Gasteiger partial charge in [-0.25, -0.2) is 15.8 Å². The number of hydrogen-bond donors (Lipinski definition) is 3. The van der Waals surface area contributed by atoms with Crippen molar-refractivity contribution < 1.29 is 0 Å². The van der Waals surface area contributed by atoms with Crippen LogP contribution in [-0.4, -0.2) is 9.97 Å². The van der Waals surface area contributed by atoms with E-state index in [0.29, 0.717) is 11.6 Å². The SMILES string of the molecule is Cc1c(NN)ncnc1Nc1c(Br)cccc1Br. The fraction of sp³-hybridized carbons (Fsp3) is 0.0909. The van der Waals surface area contributed by atoms with E-state index in [4.69, 9.17) is 5.84 Å². The van der Waals surface area contributed by atoms with Crippen LogP contribution in [0.25, 0.3) is 0 Å². The molecule has 0 aliphatic heterocycles. The largest absolute Gasteiger partial charge is 0.338 e. The van der Waals surface area contributed by atoms with Crippen LogP contribution in [-0.2, 0) is 0 Å². The summed E-state index contributed by atoms with van der Waals surface area (Å²) in [5, 5.41) is 3.24. The van der Waals surface area contributed by atoms with Gasteiger partial charge in [0.1, 0.15) is 18.0 Å². The summed E-state index contributed by atoms with van der Waals surface area (Å²) in [6.45, 7) is 1.89. The molecule has 0 saturated heterocycles. The lowest BCUT2D eigenvalue weighted by Gasteiger charge is -2.13. The highest BCUT2D eigenvalue weighted by atomic mass is 79.9. The van der Waals surface area contributed by atoms with E-state index in [-0.39, 0.29) is 0 Å². The van der Waals surface area contributed by atoms with Crippen LogP contribution >= 0.6 is 31.9 Å². The Hall–Kier alpha value is -1.18. The number of anilines is 3. The van der Waals surface area contributed by atoms with E-state index in [1.54, 1.807) is 0 Å². The Morgan fingerprint density at radius 1 is 1.11 bits per heavy atom. The molecule has 4 N–H and O–H groups in total. The van der Waals surface area contributed by atoms with E-state index in [1.165, 1.54) is 6.33 Å². The van der Waals surface area contributed by atoms with Gasteiger partial charge in [0.2, 0.25) is 0 Å². The molecule has 0 aliphatic rings. The minimum atomic E-state index is 0.593. The topological polar surface area (TPSA) is 75.9 Å². The molecule has 1 heterocycles. The number of nitrogens with zero attached hydrogens (tertiary/aromatic N) is 2. The van der Waals surface area contributed by atoms with E-state index in [1.807, 2.05) is 25.1 Å². The van der Waals surface area contributed by atoms with E-state index in [9.17, 15) is 0 Å². The zero-order valence-corrected chi connectivity index (χ0v) is 12.7. The number of nitrogen functional groups attached to an aromatic ring is 1. The Morgan fingerprint density at radius 3 is 2.33 bits per heavy atom. The third-order valence-corrected chi connectivity index (χ3v) is 3.75. The molecule has 0 aliphatic carbocycles. The van der Waals surface area contributed by atoms with Crippen molar-refractivity contribution in [3.8, 4) is 0 Å². The fourth-order valence-electron chi connectivity index (χ4n) is 1.46. The van der Waals surface area contributed by atoms with Crippen LogP contribution < -0.4 is 16.6 Å². The van der Waals surface area contributed by atoms with Crippen molar-refractivity contribution in [3.05, 3.63) is 39.0 Å². The Kier molecular flexibility index (Phi) is 4.15. The van der Waals surface area contributed by atoms with E-state index < -0.39 is 0 Å². The van der Waals surface area contributed by atoms with Crippen molar-refractivity contribution in [2.75, 3.05) is 10.7 Å². The number of halogens is 2. The zero-order chi connectivity index (χ0) is 13.1. The number of aromatic nitrogens is 2. The monoisotopic (exact) mass is 371 g/mol. The molecule has 1 aromatic heterocycles. The average molecular weight is 373 g/mol. The molecule has 5 nitrogen and oxygen atoms in total. The Bertz CT molecular complexity index is 553. The molecule has 0 bridgehead atoms. The van der Waals surface area contributed by atoms with E-state index in [2.05, 4.69) is 52.6 Å². The van der Waals surface area contributed by atoms with Gasteiger partial charge in [-0.1, -0.05) is 6.07 Å². The summed E-state index contributed by atoms with van der Waals surface area (Å²) in [5.74, 6) is 6.68. The van der Waals surface area contributed by atoms with Crippen molar-refractivity contribution in [1.82, 2.24) is 9.97 Å². The highest BCUT2D eigenvalue weighted by molar-refractivity contribution is 9.11. The first-order chi connectivity index (χ1) is 8.63. The summed E-state index contributed by atoms with van der Waals surface area (Å²) in [7, 11) is 0. The molecule has 2 rings (SSSR count). The molecule has 0 amide bonds. The highest BCUT2D eigenvalue weighted by Gasteiger charge is 2.10. The van der Waals surface area contributed by atoms with Crippen LogP contribution in [0, 0.1) is 6.92 Å². The lowest BCUT2D eigenvalue weighted by molar-refractivity contribution is 1.10. The Balaban J connectivity index is 2.40. The van der Waals surface area contributed by atoms with Crippen molar-refractivity contribution in [2.24, 2.45) is 5.84 Å². The summed E-state index contributed by atoms with van der Waals surface area (Å²) >= 11 is 6.98. The number of hydrogen-bond acceptors (Lipinski definition) is 5. The van der Waals surface area contributed by atoms with Crippen LogP contribution in [0.15, 0.2) is 33.5 Å². The predicted molar refractivity (Wildman–Crippen MR) is 79.7 cm³/mol. The summed E-state index contributed by atoms with van der Waals surface area (Å²) in [4.78, 5) is 8.24. The molecule has 0 atom stereocenters. The molecule has 0 saturated carbocycles. The second-order valence-corrected chi connectivity index (χ2v) is 5.27. The van der Waals surface area contributed by atoms with Gasteiger partial charge >= 0.3 is 0 Å². The maximum Gasteiger partial charge on any atom is 0.148 e. The molecule has 7 heteroatoms. The molecule has 94 valence electrons. The first kappa shape index (κ1) is 13.3. The minimum absolute atomic E-state index is 0.593. The smallest absolute Gasteiger partial charge is 0.148 e. The van der Waals surface area contributed by atoms with Crippen LogP contribution in [0.5, 0.6) is 0 Å². The third-order valence-electron chi connectivity index (χ3n) is 2.43. The van der Waals surface area contributed by atoms with Crippen LogP contribution in [0.2, 0.25) is 0 Å². The van der Waals surface area contributed by atoms with Gasteiger partial charge in [0.25, 0.3) is 0 Å². The zero-order valence-electron chi connectivity index (χ0n) is 9.54. The Morgan fingerprint density at radius 2 is 1.72 bits per heavy atom. The van der Waals surface area contributed by atoms with Gasteiger partial charge in [-0.2, -0.15) is 0 Å². The second kappa shape index (κ2) is 5.64. The number of benzene rings is 1. The standard InChI is InChI=1S/C11H11Br2N5/c1-6-10(15-5-16-11(6)18-14)17-9-7(12)3-2-4-8(9)13/h2-5H,14H2,1H3,(H2,15,16,17,18). The summed E-state index contributed by atoms with van der Waals surface area (Å²) in [6, 6.07) is 5.84. The van der Waals surface area contributed by atoms with Gasteiger partial charge < -0.3 is 10.7 Å². The average Bonchev–Trinajstić information content (AvgIpc) is 2.36. The molecule has 1 aromatic carbocycles. The third kappa shape index (κ3) is 2.63. The van der Waals surface area contributed by atoms with Gasteiger partial charge in [0, 0.05) is 14.5 Å². The van der Waals surface area contributed by atoms with Crippen LogP contribution in [0.4, 0.5) is 17.3 Å². The molecule has 0 unspecified atom stereocenters. The maximum atomic E-state index is 5.39. The summed E-state index contributed by atoms with van der Waals surface area (Å²) in [5.41, 5.74) is 4.29. The molecule has 0 fully saturated rings. The molecular formula is C11H11Br2N5. The number of rotatable bonds is 3. The van der Waals surface area contributed by atoms with E-state index in [0.717, 1.165) is 20.2 Å². The van der Waals surface area contributed by atoms with Crippen LogP contribution in [0.1, 0.15) is 5.56 Å². The lowest BCUT2D eigenvalue weighted by Crippen LogP contribution is -2.11. The number of nitrogens with one attached hydrogen (secondary N) is 2. The molecule has 18 heavy (non-hydrogen) atoms. The quantitative estimate of drug-likeness (QED) is 0.569. The van der Waals surface area contributed by atoms with Gasteiger partial charge in [0.05, 0.1) is 5.69 Å². The Labute approximate surface area is 121 Å². The van der Waals surface area contributed by atoms with E-state index >= 15 is 0 Å². The summed E-state index contributed by atoms with van der Waals surface area (Å²) < 4.78 is 1.88. The number of para-hydroxylation sites is 1. The van der Waals surface area contributed by atoms with Gasteiger partial charge in [0.15, 0.2) is 0 Å². The van der Waals surface area contributed by atoms with Gasteiger partial charge in [-0.15, -0.1) is 0 Å². The lowest BCUT2D eigenvalue weighted by atomic mass is 10.3. The number of hydrazine groups is 1. The maximum absolute atomic E-state index is 5.39. The van der Waals surface area contributed by atoms with Crippen molar-refractivity contribution in [2.45, 2.75) is 6.92 Å². The minimum Gasteiger partial charge on any atom is -0.338 e. The normalized spacial score (nSPS) is 10.2. The predicted octanol–water partition coefficient (Wildman–Crippen LogP) is 3.34.